The van der Waals surface area contributed by atoms with Crippen molar-refractivity contribution >= 4 is 11.5 Å². The maximum Gasteiger partial charge on any atom is 0.303 e. The summed E-state index contributed by atoms with van der Waals surface area (Å²) in [6.07, 6.45) is 6.57. The molecule has 0 fully saturated rings. The molecule has 3 aromatic rings. The molecule has 0 radical (unpaired) electrons. The number of ether oxygens (including phenoxy) is 2. The van der Waals surface area contributed by atoms with Crippen LogP contribution in [0.4, 0.5) is 4.39 Å². The number of hydrogen-bond donors (Lipinski definition) is 1. The van der Waals surface area contributed by atoms with E-state index < -0.39 is 5.97 Å². The van der Waals surface area contributed by atoms with E-state index >= 15 is 4.39 Å². The average Bonchev–Trinajstić information content (AvgIpc) is 3.25. The molecule has 0 saturated carbocycles. The number of methoxy groups -OCH3 is 1. The Balaban J connectivity index is 1.50. The zero-order valence-corrected chi connectivity index (χ0v) is 21.6. The van der Waals surface area contributed by atoms with Crippen molar-refractivity contribution in [2.24, 2.45) is 5.41 Å². The van der Waals surface area contributed by atoms with Gasteiger partial charge in [-0.2, -0.15) is 0 Å². The number of benzene rings is 3. The smallest absolute Gasteiger partial charge is 0.303 e. The fourth-order valence-electron chi connectivity index (χ4n) is 5.60. The zero-order valence-electron chi connectivity index (χ0n) is 21.6. The topological polar surface area (TPSA) is 55.8 Å². The van der Waals surface area contributed by atoms with E-state index in [1.165, 1.54) is 11.6 Å². The molecule has 1 aliphatic carbocycles. The van der Waals surface area contributed by atoms with Crippen molar-refractivity contribution in [1.82, 2.24) is 0 Å². The third-order valence-corrected chi connectivity index (χ3v) is 7.71. The maximum absolute atomic E-state index is 15.1. The van der Waals surface area contributed by atoms with Crippen LogP contribution in [0.25, 0.3) is 16.7 Å². The van der Waals surface area contributed by atoms with Crippen molar-refractivity contribution in [2.75, 3.05) is 7.11 Å². The Morgan fingerprint density at radius 1 is 1.08 bits per heavy atom. The molecule has 0 aromatic heterocycles. The predicted octanol–water partition coefficient (Wildman–Crippen LogP) is 7.79. The van der Waals surface area contributed by atoms with Crippen LogP contribution >= 0.6 is 0 Å². The zero-order chi connectivity index (χ0) is 26.2. The van der Waals surface area contributed by atoms with Gasteiger partial charge in [0.25, 0.3) is 0 Å². The number of carbonyl (C=O) groups is 1. The molecule has 5 rings (SSSR count). The molecule has 0 spiro atoms. The number of carboxylic acid groups (broad SMARTS) is 1. The van der Waals surface area contributed by atoms with Gasteiger partial charge >= 0.3 is 5.97 Å². The number of hydrogen-bond acceptors (Lipinski definition) is 3. The third-order valence-electron chi connectivity index (χ3n) is 7.71. The quantitative estimate of drug-likeness (QED) is 0.360. The summed E-state index contributed by atoms with van der Waals surface area (Å²) in [5.41, 5.74) is 6.89. The van der Waals surface area contributed by atoms with Gasteiger partial charge in [0.05, 0.1) is 7.11 Å². The Bertz CT molecular complexity index is 1370. The SMILES string of the molecule is COc1ccc(F)c(-c2ccc(C3CCc4cc(CCC(=O)O)ccc4O3)cc2C2=CCCC2(C)C)c1. The van der Waals surface area contributed by atoms with Crippen LogP contribution in [0.3, 0.4) is 0 Å². The second kappa shape index (κ2) is 10.0. The number of rotatable bonds is 7. The molecular weight excluding hydrogens is 467 g/mol. The van der Waals surface area contributed by atoms with Crippen molar-refractivity contribution < 1.29 is 23.8 Å². The monoisotopic (exact) mass is 500 g/mol. The molecule has 1 atom stereocenters. The fourth-order valence-corrected chi connectivity index (χ4v) is 5.60. The first-order chi connectivity index (χ1) is 17.7. The number of aryl methyl sites for hydroxylation is 2. The number of allylic oxidation sites excluding steroid dienone is 2. The van der Waals surface area contributed by atoms with Gasteiger partial charge in [-0.05, 0) is 101 Å². The second-order valence-electron chi connectivity index (χ2n) is 10.7. The molecule has 37 heavy (non-hydrogen) atoms. The summed E-state index contributed by atoms with van der Waals surface area (Å²) >= 11 is 0. The predicted molar refractivity (Wildman–Crippen MR) is 143 cm³/mol. The van der Waals surface area contributed by atoms with E-state index in [-0.39, 0.29) is 23.8 Å². The molecule has 1 unspecified atom stereocenters. The van der Waals surface area contributed by atoms with Gasteiger partial charge in [0.1, 0.15) is 23.4 Å². The molecule has 1 N–H and O–H groups in total. The number of carboxylic acids is 1. The lowest BCUT2D eigenvalue weighted by atomic mass is 9.78. The van der Waals surface area contributed by atoms with Gasteiger partial charge in [0.2, 0.25) is 0 Å². The highest BCUT2D eigenvalue weighted by atomic mass is 19.1. The van der Waals surface area contributed by atoms with Crippen LogP contribution in [0.5, 0.6) is 11.5 Å². The van der Waals surface area contributed by atoms with Crippen molar-refractivity contribution in [1.29, 1.82) is 0 Å². The molecule has 1 heterocycles. The highest BCUT2D eigenvalue weighted by Gasteiger charge is 2.31. The van der Waals surface area contributed by atoms with Crippen LogP contribution in [0.15, 0.2) is 60.7 Å². The average molecular weight is 501 g/mol. The molecule has 0 bridgehead atoms. The van der Waals surface area contributed by atoms with E-state index in [1.54, 1.807) is 19.2 Å². The first-order valence-corrected chi connectivity index (χ1v) is 12.9. The molecule has 2 aliphatic rings. The molecule has 0 saturated heterocycles. The highest BCUT2D eigenvalue weighted by Crippen LogP contribution is 2.48. The maximum atomic E-state index is 15.1. The normalized spacial score (nSPS) is 18.1. The van der Waals surface area contributed by atoms with Crippen molar-refractivity contribution in [3.63, 3.8) is 0 Å². The van der Waals surface area contributed by atoms with Crippen LogP contribution in [-0.2, 0) is 17.6 Å². The standard InChI is InChI=1S/C32H33FO4/c1-32(2)16-4-5-27(32)25-18-22(8-11-24(25)26-19-23(36-3)10-12-28(26)33)30-14-9-21-17-20(7-15-31(34)35)6-13-29(21)37-30/h5-6,8,10-13,17-19,30H,4,7,9,14-16H2,1-3H3,(H,34,35). The molecule has 4 nitrogen and oxygen atoms in total. The number of halogens is 1. The Kier molecular flexibility index (Phi) is 6.80. The Labute approximate surface area is 217 Å². The minimum absolute atomic E-state index is 0.00487. The first kappa shape index (κ1) is 25.1. The molecule has 5 heteroatoms. The van der Waals surface area contributed by atoms with E-state index in [0.717, 1.165) is 59.3 Å². The van der Waals surface area contributed by atoms with Gasteiger partial charge < -0.3 is 14.6 Å². The minimum Gasteiger partial charge on any atom is -0.497 e. The lowest BCUT2D eigenvalue weighted by Crippen LogP contribution is -2.16. The minimum atomic E-state index is -0.789. The Hall–Kier alpha value is -3.60. The van der Waals surface area contributed by atoms with E-state index in [9.17, 15) is 4.79 Å². The van der Waals surface area contributed by atoms with E-state index in [2.05, 4.69) is 38.1 Å². The highest BCUT2D eigenvalue weighted by molar-refractivity contribution is 5.85. The largest absolute Gasteiger partial charge is 0.497 e. The number of aliphatic carboxylic acids is 1. The summed E-state index contributed by atoms with van der Waals surface area (Å²) in [4.78, 5) is 10.9. The lowest BCUT2D eigenvalue weighted by Gasteiger charge is -2.29. The summed E-state index contributed by atoms with van der Waals surface area (Å²) in [7, 11) is 1.59. The fraction of sp³-hybridized carbons (Fsp3) is 0.344. The molecular formula is C32H33FO4. The van der Waals surface area contributed by atoms with Gasteiger partial charge in [0, 0.05) is 12.0 Å². The van der Waals surface area contributed by atoms with Crippen molar-refractivity contribution in [3.05, 3.63) is 88.7 Å². The van der Waals surface area contributed by atoms with Crippen molar-refractivity contribution in [3.8, 4) is 22.6 Å². The van der Waals surface area contributed by atoms with E-state index in [4.69, 9.17) is 14.6 Å². The van der Waals surface area contributed by atoms with Crippen LogP contribution in [0.1, 0.15) is 67.9 Å². The first-order valence-electron chi connectivity index (χ1n) is 12.9. The molecule has 0 amide bonds. The summed E-state index contributed by atoms with van der Waals surface area (Å²) in [6.45, 7) is 4.50. The lowest BCUT2D eigenvalue weighted by molar-refractivity contribution is -0.136. The van der Waals surface area contributed by atoms with Gasteiger partial charge in [0.15, 0.2) is 0 Å². The summed E-state index contributed by atoms with van der Waals surface area (Å²) in [6, 6.07) is 17.1. The van der Waals surface area contributed by atoms with Gasteiger partial charge in [-0.1, -0.05) is 44.2 Å². The van der Waals surface area contributed by atoms with Crippen LogP contribution in [0, 0.1) is 11.2 Å². The second-order valence-corrected chi connectivity index (χ2v) is 10.7. The van der Waals surface area contributed by atoms with E-state index in [1.807, 2.05) is 18.2 Å². The summed E-state index contributed by atoms with van der Waals surface area (Å²) in [5.74, 6) is 0.414. The van der Waals surface area contributed by atoms with Crippen LogP contribution in [0.2, 0.25) is 0 Å². The van der Waals surface area contributed by atoms with Gasteiger partial charge in [-0.3, -0.25) is 4.79 Å². The van der Waals surface area contributed by atoms with Crippen LogP contribution in [-0.4, -0.2) is 18.2 Å². The molecule has 3 aromatic carbocycles. The van der Waals surface area contributed by atoms with Gasteiger partial charge in [-0.25, -0.2) is 4.39 Å². The van der Waals surface area contributed by atoms with Crippen molar-refractivity contribution in [2.45, 2.75) is 58.5 Å². The summed E-state index contributed by atoms with van der Waals surface area (Å²) in [5, 5.41) is 8.99. The summed E-state index contributed by atoms with van der Waals surface area (Å²) < 4.78 is 26.9. The Morgan fingerprint density at radius 2 is 1.92 bits per heavy atom. The Morgan fingerprint density at radius 3 is 2.65 bits per heavy atom. The van der Waals surface area contributed by atoms with Gasteiger partial charge in [-0.15, -0.1) is 0 Å². The molecule has 192 valence electrons. The molecule has 1 aliphatic heterocycles. The third kappa shape index (κ3) is 5.13. The van der Waals surface area contributed by atoms with Crippen LogP contribution < -0.4 is 9.47 Å². The number of fused-ring (bicyclic) bond motifs is 1. The van der Waals surface area contributed by atoms with E-state index in [0.29, 0.717) is 17.7 Å².